The van der Waals surface area contributed by atoms with Gasteiger partial charge in [-0.1, -0.05) is 0 Å². The molecule has 4 heteroatoms. The SMILES string of the molecule is O=Cc1ccc(O)nc1O. The average Bonchev–Trinajstić information content (AvgIpc) is 1.88. The molecule has 0 bridgehead atoms. The van der Waals surface area contributed by atoms with E-state index in [2.05, 4.69) is 4.98 Å². The molecule has 0 aliphatic carbocycles. The van der Waals surface area contributed by atoms with Crippen molar-refractivity contribution in [2.24, 2.45) is 0 Å². The highest BCUT2D eigenvalue weighted by atomic mass is 16.3. The summed E-state index contributed by atoms with van der Waals surface area (Å²) in [5, 5.41) is 17.4. The number of carbonyl (C=O) groups excluding carboxylic acids is 1. The topological polar surface area (TPSA) is 70.4 Å². The number of aromatic nitrogens is 1. The van der Waals surface area contributed by atoms with Gasteiger partial charge in [0.15, 0.2) is 6.29 Å². The third-order valence-electron chi connectivity index (χ3n) is 1.02. The van der Waals surface area contributed by atoms with Crippen LogP contribution in [-0.2, 0) is 0 Å². The average molecular weight is 139 g/mol. The lowest BCUT2D eigenvalue weighted by molar-refractivity contribution is 0.112. The lowest BCUT2D eigenvalue weighted by Gasteiger charge is -1.94. The molecule has 0 aliphatic rings. The molecule has 0 saturated carbocycles. The van der Waals surface area contributed by atoms with Gasteiger partial charge in [-0.15, -0.1) is 0 Å². The van der Waals surface area contributed by atoms with Crippen LogP contribution in [0.1, 0.15) is 10.4 Å². The lowest BCUT2D eigenvalue weighted by atomic mass is 10.3. The first-order valence-electron chi connectivity index (χ1n) is 2.58. The maximum Gasteiger partial charge on any atom is 0.224 e. The summed E-state index contributed by atoms with van der Waals surface area (Å²) in [7, 11) is 0. The van der Waals surface area contributed by atoms with Gasteiger partial charge in [0.2, 0.25) is 11.8 Å². The number of pyridine rings is 1. The number of carbonyl (C=O) groups is 1. The van der Waals surface area contributed by atoms with Crippen LogP contribution in [0.3, 0.4) is 0 Å². The van der Waals surface area contributed by atoms with Gasteiger partial charge in [0.05, 0.1) is 5.56 Å². The Bertz CT molecular complexity index is 259. The number of rotatable bonds is 1. The summed E-state index contributed by atoms with van der Waals surface area (Å²) in [4.78, 5) is 13.3. The van der Waals surface area contributed by atoms with Gasteiger partial charge in [0.1, 0.15) is 0 Å². The molecule has 0 saturated heterocycles. The summed E-state index contributed by atoms with van der Waals surface area (Å²) in [6.07, 6.45) is 0.460. The van der Waals surface area contributed by atoms with Crippen LogP contribution in [0.25, 0.3) is 0 Å². The maximum absolute atomic E-state index is 10.1. The minimum atomic E-state index is -0.449. The van der Waals surface area contributed by atoms with Gasteiger partial charge in [0, 0.05) is 6.07 Å². The minimum Gasteiger partial charge on any atom is -0.493 e. The largest absolute Gasteiger partial charge is 0.493 e. The standard InChI is InChI=1S/C6H5NO3/c8-3-4-1-2-5(9)7-6(4)10/h1-3H,(H2,7,9,10). The first-order chi connectivity index (χ1) is 4.74. The van der Waals surface area contributed by atoms with Crippen molar-refractivity contribution < 1.29 is 15.0 Å². The molecule has 10 heavy (non-hydrogen) atoms. The van der Waals surface area contributed by atoms with Crippen LogP contribution >= 0.6 is 0 Å². The number of hydrogen-bond acceptors (Lipinski definition) is 4. The fraction of sp³-hybridized carbons (Fsp3) is 0. The van der Waals surface area contributed by atoms with Gasteiger partial charge in [-0.25, -0.2) is 0 Å². The fourth-order valence-corrected chi connectivity index (χ4v) is 0.541. The zero-order valence-electron chi connectivity index (χ0n) is 4.98. The molecular formula is C6H5NO3. The van der Waals surface area contributed by atoms with Crippen LogP contribution in [0.4, 0.5) is 0 Å². The molecule has 0 atom stereocenters. The lowest BCUT2D eigenvalue weighted by Crippen LogP contribution is -1.83. The Hall–Kier alpha value is -1.58. The number of aromatic hydroxyl groups is 2. The van der Waals surface area contributed by atoms with Gasteiger partial charge in [-0.3, -0.25) is 4.79 Å². The Morgan fingerprint density at radius 3 is 2.60 bits per heavy atom. The summed E-state index contributed by atoms with van der Waals surface area (Å²) >= 11 is 0. The molecule has 0 unspecified atom stereocenters. The van der Waals surface area contributed by atoms with Crippen LogP contribution in [0.5, 0.6) is 11.8 Å². The Labute approximate surface area is 56.8 Å². The molecule has 0 aromatic carbocycles. The summed E-state index contributed by atoms with van der Waals surface area (Å²) in [6, 6.07) is 2.51. The highest BCUT2D eigenvalue weighted by Gasteiger charge is 2.00. The first kappa shape index (κ1) is 6.54. The molecule has 0 spiro atoms. The van der Waals surface area contributed by atoms with E-state index in [0.29, 0.717) is 6.29 Å². The van der Waals surface area contributed by atoms with E-state index < -0.39 is 5.88 Å². The second-order valence-electron chi connectivity index (χ2n) is 1.70. The first-order valence-corrected chi connectivity index (χ1v) is 2.58. The quantitative estimate of drug-likeness (QED) is 0.549. The number of hydrogen-bond donors (Lipinski definition) is 2. The van der Waals surface area contributed by atoms with Crippen LogP contribution in [0.2, 0.25) is 0 Å². The van der Waals surface area contributed by atoms with Crippen molar-refractivity contribution in [2.45, 2.75) is 0 Å². The Morgan fingerprint density at radius 1 is 1.40 bits per heavy atom. The molecule has 1 aromatic heterocycles. The molecule has 0 aliphatic heterocycles. The highest BCUT2D eigenvalue weighted by molar-refractivity contribution is 5.77. The zero-order valence-corrected chi connectivity index (χ0v) is 4.98. The van der Waals surface area contributed by atoms with E-state index in [1.165, 1.54) is 12.1 Å². The van der Waals surface area contributed by atoms with Gasteiger partial charge in [-0.2, -0.15) is 4.98 Å². The van der Waals surface area contributed by atoms with Crippen LogP contribution < -0.4 is 0 Å². The van der Waals surface area contributed by atoms with Crippen molar-refractivity contribution >= 4 is 6.29 Å². The van der Waals surface area contributed by atoms with E-state index in [4.69, 9.17) is 10.2 Å². The molecule has 0 amide bonds. The smallest absolute Gasteiger partial charge is 0.224 e. The normalized spacial score (nSPS) is 9.20. The summed E-state index contributed by atoms with van der Waals surface area (Å²) in [5.74, 6) is -0.752. The molecule has 1 rings (SSSR count). The van der Waals surface area contributed by atoms with Crippen molar-refractivity contribution in [3.8, 4) is 11.8 Å². The summed E-state index contributed by atoms with van der Waals surface area (Å²) < 4.78 is 0. The molecular weight excluding hydrogens is 134 g/mol. The van der Waals surface area contributed by atoms with Gasteiger partial charge in [-0.05, 0) is 6.07 Å². The number of aldehydes is 1. The van der Waals surface area contributed by atoms with E-state index in [-0.39, 0.29) is 11.4 Å². The zero-order chi connectivity index (χ0) is 7.56. The van der Waals surface area contributed by atoms with E-state index in [1.807, 2.05) is 0 Å². The second kappa shape index (κ2) is 2.34. The van der Waals surface area contributed by atoms with Gasteiger partial charge < -0.3 is 10.2 Å². The molecule has 4 nitrogen and oxygen atoms in total. The van der Waals surface area contributed by atoms with Crippen molar-refractivity contribution in [1.29, 1.82) is 0 Å². The molecule has 1 aromatic rings. The van der Waals surface area contributed by atoms with Crippen molar-refractivity contribution in [2.75, 3.05) is 0 Å². The van der Waals surface area contributed by atoms with E-state index in [1.54, 1.807) is 0 Å². The van der Waals surface area contributed by atoms with Gasteiger partial charge in [0.25, 0.3) is 0 Å². The van der Waals surface area contributed by atoms with Crippen molar-refractivity contribution in [1.82, 2.24) is 4.98 Å². The van der Waals surface area contributed by atoms with Crippen LogP contribution in [0.15, 0.2) is 12.1 Å². The minimum absolute atomic E-state index is 0.0674. The predicted octanol–water partition coefficient (Wildman–Crippen LogP) is 0.305. The van der Waals surface area contributed by atoms with E-state index in [9.17, 15) is 4.79 Å². The van der Waals surface area contributed by atoms with Crippen LogP contribution in [0, 0.1) is 0 Å². The van der Waals surface area contributed by atoms with E-state index >= 15 is 0 Å². The fourth-order valence-electron chi connectivity index (χ4n) is 0.541. The molecule has 2 N–H and O–H groups in total. The third kappa shape index (κ3) is 1.05. The summed E-state index contributed by atoms with van der Waals surface area (Å²) in [6.45, 7) is 0. The predicted molar refractivity (Wildman–Crippen MR) is 33.0 cm³/mol. The molecule has 0 fully saturated rings. The molecule has 1 heterocycles. The van der Waals surface area contributed by atoms with Crippen LogP contribution in [-0.4, -0.2) is 21.5 Å². The van der Waals surface area contributed by atoms with Crippen molar-refractivity contribution in [3.63, 3.8) is 0 Å². The van der Waals surface area contributed by atoms with Crippen molar-refractivity contribution in [3.05, 3.63) is 17.7 Å². The Balaban J connectivity index is 3.19. The Morgan fingerprint density at radius 2 is 2.10 bits per heavy atom. The molecule has 52 valence electrons. The van der Waals surface area contributed by atoms with Gasteiger partial charge >= 0.3 is 0 Å². The Kier molecular flexibility index (Phi) is 1.53. The monoisotopic (exact) mass is 139 g/mol. The second-order valence-corrected chi connectivity index (χ2v) is 1.70. The number of nitrogens with zero attached hydrogens (tertiary/aromatic N) is 1. The van der Waals surface area contributed by atoms with E-state index in [0.717, 1.165) is 0 Å². The highest BCUT2D eigenvalue weighted by Crippen LogP contribution is 2.14. The molecule has 0 radical (unpaired) electrons. The maximum atomic E-state index is 10.1. The summed E-state index contributed by atoms with van der Waals surface area (Å²) in [5.41, 5.74) is 0.0674. The third-order valence-corrected chi connectivity index (χ3v) is 1.02.